The number of anilines is 1. The van der Waals surface area contributed by atoms with Gasteiger partial charge >= 0.3 is 12.1 Å². The largest absolute Gasteiger partial charge is 0.452 e. The van der Waals surface area contributed by atoms with Gasteiger partial charge in [0.1, 0.15) is 11.6 Å². The summed E-state index contributed by atoms with van der Waals surface area (Å²) >= 11 is 0. The lowest BCUT2D eigenvalue weighted by atomic mass is 10.1. The number of amides is 1. The number of alkyl halides is 3. The summed E-state index contributed by atoms with van der Waals surface area (Å²) < 4.78 is 69.4. The van der Waals surface area contributed by atoms with Crippen LogP contribution in [0, 0.1) is 11.6 Å². The molecule has 0 aliphatic rings. The minimum absolute atomic E-state index is 0.0543. The second kappa shape index (κ2) is 8.15. The lowest BCUT2D eigenvalue weighted by Crippen LogP contribution is -2.30. The molecule has 0 spiro atoms. The van der Waals surface area contributed by atoms with E-state index in [1.165, 1.54) is 13.0 Å². The van der Waals surface area contributed by atoms with Crippen LogP contribution in [0.2, 0.25) is 0 Å². The van der Waals surface area contributed by atoms with Crippen LogP contribution in [0.5, 0.6) is 0 Å². The number of benzene rings is 2. The summed E-state index contributed by atoms with van der Waals surface area (Å²) in [5, 5.41) is 2.07. The first-order valence-corrected chi connectivity index (χ1v) is 7.68. The third kappa shape index (κ3) is 5.77. The van der Waals surface area contributed by atoms with Gasteiger partial charge in [-0.15, -0.1) is 0 Å². The Balaban J connectivity index is 1.97. The number of esters is 1. The Morgan fingerprint density at radius 3 is 2.48 bits per heavy atom. The van der Waals surface area contributed by atoms with Crippen LogP contribution >= 0.6 is 0 Å². The summed E-state index contributed by atoms with van der Waals surface area (Å²) in [6, 6.07) is 6.55. The SMILES string of the molecule is CC(OC(=O)Cc1cccc(C(F)(F)F)c1)C(=O)Nc1cc(F)ccc1F. The molecule has 4 nitrogen and oxygen atoms in total. The fraction of sp³-hybridized carbons (Fsp3) is 0.222. The number of ether oxygens (including phenoxy) is 1. The molecular weight excluding hydrogens is 373 g/mol. The summed E-state index contributed by atoms with van der Waals surface area (Å²) in [5.41, 5.74) is -1.29. The van der Waals surface area contributed by atoms with Crippen molar-refractivity contribution in [1.29, 1.82) is 0 Å². The van der Waals surface area contributed by atoms with E-state index in [1.807, 2.05) is 0 Å². The quantitative estimate of drug-likeness (QED) is 0.621. The molecule has 2 aromatic carbocycles. The van der Waals surface area contributed by atoms with Gasteiger partial charge < -0.3 is 10.1 Å². The Morgan fingerprint density at radius 1 is 1.11 bits per heavy atom. The van der Waals surface area contributed by atoms with Crippen molar-refractivity contribution in [3.63, 3.8) is 0 Å². The summed E-state index contributed by atoms with van der Waals surface area (Å²) in [4.78, 5) is 23.8. The van der Waals surface area contributed by atoms with Crippen LogP contribution in [-0.2, 0) is 26.9 Å². The first-order valence-electron chi connectivity index (χ1n) is 7.68. The molecule has 0 heterocycles. The number of nitrogens with one attached hydrogen (secondary N) is 1. The number of halogens is 5. The Hall–Kier alpha value is -2.97. The molecule has 0 radical (unpaired) electrons. The van der Waals surface area contributed by atoms with E-state index in [0.29, 0.717) is 0 Å². The molecule has 1 atom stereocenters. The molecule has 1 unspecified atom stereocenters. The van der Waals surface area contributed by atoms with Crippen LogP contribution in [0.3, 0.4) is 0 Å². The van der Waals surface area contributed by atoms with Gasteiger partial charge in [-0.25, -0.2) is 8.78 Å². The number of hydrogen-bond acceptors (Lipinski definition) is 3. The summed E-state index contributed by atoms with van der Waals surface area (Å²) in [7, 11) is 0. The molecule has 0 saturated carbocycles. The zero-order valence-corrected chi connectivity index (χ0v) is 13.9. The summed E-state index contributed by atoms with van der Waals surface area (Å²) in [6.07, 6.45) is -6.41. The smallest absolute Gasteiger partial charge is 0.416 e. The lowest BCUT2D eigenvalue weighted by molar-refractivity contribution is -0.152. The molecule has 0 fully saturated rings. The van der Waals surface area contributed by atoms with Crippen molar-refractivity contribution in [1.82, 2.24) is 0 Å². The molecule has 0 aliphatic heterocycles. The topological polar surface area (TPSA) is 55.4 Å². The fourth-order valence-corrected chi connectivity index (χ4v) is 2.14. The van der Waals surface area contributed by atoms with Gasteiger partial charge in [-0.3, -0.25) is 9.59 Å². The second-order valence-corrected chi connectivity index (χ2v) is 5.62. The fourth-order valence-electron chi connectivity index (χ4n) is 2.14. The Kier molecular flexibility index (Phi) is 6.14. The molecule has 1 N–H and O–H groups in total. The zero-order valence-electron chi connectivity index (χ0n) is 13.9. The van der Waals surface area contributed by atoms with Gasteiger partial charge in [-0.1, -0.05) is 18.2 Å². The normalized spacial score (nSPS) is 12.4. The number of rotatable bonds is 5. The predicted molar refractivity (Wildman–Crippen MR) is 85.7 cm³/mol. The molecule has 0 saturated heterocycles. The number of carbonyl (C=O) groups is 2. The molecule has 9 heteroatoms. The van der Waals surface area contributed by atoms with Crippen molar-refractivity contribution in [3.05, 3.63) is 65.2 Å². The highest BCUT2D eigenvalue weighted by Gasteiger charge is 2.30. The molecule has 1 amide bonds. The van der Waals surface area contributed by atoms with Gasteiger partial charge in [0.05, 0.1) is 17.7 Å². The minimum atomic E-state index is -4.55. The maximum atomic E-state index is 13.5. The van der Waals surface area contributed by atoms with E-state index in [0.717, 1.165) is 36.4 Å². The molecular formula is C18H14F5NO3. The Bertz CT molecular complexity index is 851. The number of hydrogen-bond donors (Lipinski definition) is 1. The van der Waals surface area contributed by atoms with Gasteiger partial charge in [0.15, 0.2) is 6.10 Å². The second-order valence-electron chi connectivity index (χ2n) is 5.62. The van der Waals surface area contributed by atoms with Crippen LogP contribution < -0.4 is 5.32 Å². The van der Waals surface area contributed by atoms with E-state index in [1.54, 1.807) is 0 Å². The van der Waals surface area contributed by atoms with Crippen molar-refractivity contribution >= 4 is 17.6 Å². The molecule has 0 bridgehead atoms. The average Bonchev–Trinajstić information content (AvgIpc) is 2.57. The maximum absolute atomic E-state index is 13.5. The maximum Gasteiger partial charge on any atom is 0.416 e. The van der Waals surface area contributed by atoms with E-state index >= 15 is 0 Å². The standard InChI is InChI=1S/C18H14F5NO3/c1-10(17(26)24-15-9-13(19)5-6-14(15)20)27-16(25)8-11-3-2-4-12(7-11)18(21,22)23/h2-7,9-10H,8H2,1H3,(H,24,26). The molecule has 2 rings (SSSR count). The van der Waals surface area contributed by atoms with Crippen molar-refractivity contribution in [2.75, 3.05) is 5.32 Å². The van der Waals surface area contributed by atoms with Gasteiger partial charge in [0, 0.05) is 6.07 Å². The predicted octanol–water partition coefficient (Wildman–Crippen LogP) is 4.10. The molecule has 27 heavy (non-hydrogen) atoms. The third-order valence-electron chi connectivity index (χ3n) is 3.47. The molecule has 144 valence electrons. The minimum Gasteiger partial charge on any atom is -0.452 e. The van der Waals surface area contributed by atoms with E-state index in [4.69, 9.17) is 4.74 Å². The first kappa shape index (κ1) is 20.3. The van der Waals surface area contributed by atoms with Gasteiger partial charge in [0.2, 0.25) is 0 Å². The van der Waals surface area contributed by atoms with Gasteiger partial charge in [-0.2, -0.15) is 13.2 Å². The summed E-state index contributed by atoms with van der Waals surface area (Å²) in [6.45, 7) is 1.19. The first-order chi connectivity index (χ1) is 12.6. The average molecular weight is 387 g/mol. The lowest BCUT2D eigenvalue weighted by Gasteiger charge is -2.14. The van der Waals surface area contributed by atoms with Crippen LogP contribution in [0.1, 0.15) is 18.1 Å². The van der Waals surface area contributed by atoms with E-state index in [-0.39, 0.29) is 5.56 Å². The highest BCUT2D eigenvalue weighted by molar-refractivity contribution is 5.95. The van der Waals surface area contributed by atoms with E-state index in [9.17, 15) is 31.5 Å². The van der Waals surface area contributed by atoms with Crippen molar-refractivity contribution in [2.45, 2.75) is 25.6 Å². The van der Waals surface area contributed by atoms with Gasteiger partial charge in [0.25, 0.3) is 5.91 Å². The van der Waals surface area contributed by atoms with Gasteiger partial charge in [-0.05, 0) is 30.7 Å². The van der Waals surface area contributed by atoms with Crippen molar-refractivity contribution in [3.8, 4) is 0 Å². The number of carbonyl (C=O) groups excluding carboxylic acids is 2. The van der Waals surface area contributed by atoms with Crippen molar-refractivity contribution in [2.24, 2.45) is 0 Å². The third-order valence-corrected chi connectivity index (χ3v) is 3.47. The molecule has 0 aromatic heterocycles. The highest BCUT2D eigenvalue weighted by Crippen LogP contribution is 2.29. The van der Waals surface area contributed by atoms with E-state index < -0.39 is 53.5 Å². The molecule has 2 aromatic rings. The van der Waals surface area contributed by atoms with E-state index in [2.05, 4.69) is 5.32 Å². The Morgan fingerprint density at radius 2 is 1.81 bits per heavy atom. The zero-order chi connectivity index (χ0) is 20.2. The van der Waals surface area contributed by atoms with Crippen LogP contribution in [0.4, 0.5) is 27.6 Å². The van der Waals surface area contributed by atoms with Crippen LogP contribution in [0.25, 0.3) is 0 Å². The van der Waals surface area contributed by atoms with Crippen LogP contribution in [-0.4, -0.2) is 18.0 Å². The summed E-state index contributed by atoms with van der Waals surface area (Å²) in [5.74, 6) is -3.53. The Labute approximate surface area is 150 Å². The molecule has 0 aliphatic carbocycles. The highest BCUT2D eigenvalue weighted by atomic mass is 19.4. The van der Waals surface area contributed by atoms with Crippen LogP contribution in [0.15, 0.2) is 42.5 Å². The van der Waals surface area contributed by atoms with Crippen molar-refractivity contribution < 1.29 is 36.3 Å². The monoisotopic (exact) mass is 387 g/mol.